The Kier molecular flexibility index (Phi) is 4.76. The van der Waals surface area contributed by atoms with Crippen LogP contribution in [0.2, 0.25) is 0 Å². The molecule has 3 aromatic rings. The number of nitrogens with one attached hydrogen (secondary N) is 2. The van der Waals surface area contributed by atoms with Crippen molar-refractivity contribution in [1.29, 1.82) is 0 Å². The van der Waals surface area contributed by atoms with E-state index in [-0.39, 0.29) is 6.03 Å². The number of amides is 2. The third-order valence-corrected chi connectivity index (χ3v) is 3.45. The van der Waals surface area contributed by atoms with Crippen molar-refractivity contribution >= 4 is 11.7 Å². The Morgan fingerprint density at radius 3 is 2.71 bits per heavy atom. The van der Waals surface area contributed by atoms with Crippen LogP contribution in [0.5, 0.6) is 5.75 Å². The molecule has 2 aromatic heterocycles. The molecule has 0 aliphatic carbocycles. The van der Waals surface area contributed by atoms with Crippen LogP contribution in [0.25, 0.3) is 11.1 Å². The first kappa shape index (κ1) is 15.6. The highest BCUT2D eigenvalue weighted by molar-refractivity contribution is 5.89. The summed E-state index contributed by atoms with van der Waals surface area (Å²) in [4.78, 5) is 16.2. The molecule has 1 aromatic carbocycles. The van der Waals surface area contributed by atoms with Gasteiger partial charge in [-0.05, 0) is 42.0 Å². The number of carbonyl (C=O) groups is 1. The maximum Gasteiger partial charge on any atom is 0.319 e. The Morgan fingerprint density at radius 2 is 2.00 bits per heavy atom. The second-order valence-electron chi connectivity index (χ2n) is 5.13. The van der Waals surface area contributed by atoms with E-state index < -0.39 is 0 Å². The third-order valence-electron chi connectivity index (χ3n) is 3.45. The van der Waals surface area contributed by atoms with Crippen LogP contribution in [0.15, 0.2) is 65.7 Å². The molecule has 3 rings (SSSR count). The van der Waals surface area contributed by atoms with Gasteiger partial charge in [-0.3, -0.25) is 4.98 Å². The Labute approximate surface area is 139 Å². The van der Waals surface area contributed by atoms with Crippen molar-refractivity contribution < 1.29 is 13.9 Å². The molecule has 0 unspecified atom stereocenters. The number of furan rings is 1. The van der Waals surface area contributed by atoms with Gasteiger partial charge in [0.15, 0.2) is 0 Å². The number of anilines is 1. The Morgan fingerprint density at radius 1 is 1.17 bits per heavy atom. The zero-order chi connectivity index (χ0) is 16.8. The first-order valence-electron chi connectivity index (χ1n) is 7.40. The van der Waals surface area contributed by atoms with E-state index in [9.17, 15) is 4.79 Å². The predicted octanol–water partition coefficient (Wildman–Crippen LogP) is 3.67. The summed E-state index contributed by atoms with van der Waals surface area (Å²) < 4.78 is 10.2. The number of aromatic nitrogens is 1. The second-order valence-corrected chi connectivity index (χ2v) is 5.13. The van der Waals surface area contributed by atoms with Crippen molar-refractivity contribution in [3.8, 4) is 16.9 Å². The fourth-order valence-corrected chi connectivity index (χ4v) is 2.20. The summed E-state index contributed by atoms with van der Waals surface area (Å²) in [5.74, 6) is 0.739. The number of nitrogens with zero attached hydrogens (tertiary/aromatic N) is 1. The molecular formula is C18H17N3O3. The van der Waals surface area contributed by atoms with E-state index in [1.807, 2.05) is 12.1 Å². The highest BCUT2D eigenvalue weighted by Gasteiger charge is 2.05. The highest BCUT2D eigenvalue weighted by atomic mass is 16.5. The van der Waals surface area contributed by atoms with Crippen LogP contribution in [-0.2, 0) is 6.54 Å². The fourth-order valence-electron chi connectivity index (χ4n) is 2.20. The summed E-state index contributed by atoms with van der Waals surface area (Å²) in [5, 5.41) is 5.57. The number of benzene rings is 1. The van der Waals surface area contributed by atoms with Gasteiger partial charge >= 0.3 is 6.03 Å². The summed E-state index contributed by atoms with van der Waals surface area (Å²) in [6.07, 6.45) is 6.75. The topological polar surface area (TPSA) is 76.4 Å². The molecule has 0 bridgehead atoms. The van der Waals surface area contributed by atoms with Crippen molar-refractivity contribution in [2.75, 3.05) is 12.4 Å². The van der Waals surface area contributed by atoms with Crippen molar-refractivity contribution in [3.63, 3.8) is 0 Å². The van der Waals surface area contributed by atoms with Gasteiger partial charge in [0.25, 0.3) is 0 Å². The van der Waals surface area contributed by atoms with E-state index in [4.69, 9.17) is 9.15 Å². The van der Waals surface area contributed by atoms with Crippen LogP contribution in [0.3, 0.4) is 0 Å². The number of hydrogen-bond acceptors (Lipinski definition) is 4. The average molecular weight is 323 g/mol. The monoisotopic (exact) mass is 323 g/mol. The van der Waals surface area contributed by atoms with E-state index >= 15 is 0 Å². The summed E-state index contributed by atoms with van der Waals surface area (Å²) in [5.41, 5.74) is 3.49. The molecule has 0 fully saturated rings. The van der Waals surface area contributed by atoms with Gasteiger partial charge < -0.3 is 19.8 Å². The minimum absolute atomic E-state index is 0.283. The lowest BCUT2D eigenvalue weighted by atomic mass is 10.1. The minimum atomic E-state index is -0.283. The van der Waals surface area contributed by atoms with E-state index in [1.165, 1.54) is 0 Å². The first-order chi connectivity index (χ1) is 11.7. The van der Waals surface area contributed by atoms with Crippen LogP contribution >= 0.6 is 0 Å². The number of carbonyl (C=O) groups excluding carboxylic acids is 1. The molecule has 0 aliphatic heterocycles. The number of hydrogen-bond donors (Lipinski definition) is 2. The molecule has 6 nitrogen and oxygen atoms in total. The summed E-state index contributed by atoms with van der Waals surface area (Å²) >= 11 is 0. The number of pyridine rings is 1. The van der Waals surface area contributed by atoms with Crippen LogP contribution in [0.4, 0.5) is 10.5 Å². The van der Waals surface area contributed by atoms with Gasteiger partial charge in [-0.25, -0.2) is 4.79 Å². The zero-order valence-corrected chi connectivity index (χ0v) is 13.2. The van der Waals surface area contributed by atoms with Crippen LogP contribution in [-0.4, -0.2) is 18.1 Å². The number of rotatable bonds is 5. The van der Waals surface area contributed by atoms with Gasteiger partial charge in [0, 0.05) is 35.8 Å². The molecule has 6 heteroatoms. The normalized spacial score (nSPS) is 10.2. The fraction of sp³-hybridized carbons (Fsp3) is 0.111. The van der Waals surface area contributed by atoms with Gasteiger partial charge in [0.05, 0.1) is 19.6 Å². The molecule has 24 heavy (non-hydrogen) atoms. The quantitative estimate of drug-likeness (QED) is 0.751. The average Bonchev–Trinajstić information content (AvgIpc) is 3.16. The zero-order valence-electron chi connectivity index (χ0n) is 13.2. The molecule has 122 valence electrons. The summed E-state index contributed by atoms with van der Waals surface area (Å²) in [6, 6.07) is 10.7. The van der Waals surface area contributed by atoms with Crippen molar-refractivity contribution in [2.45, 2.75) is 6.54 Å². The molecule has 2 amide bonds. The smallest absolute Gasteiger partial charge is 0.319 e. The maximum atomic E-state index is 12.0. The van der Waals surface area contributed by atoms with E-state index in [0.29, 0.717) is 12.2 Å². The molecule has 2 heterocycles. The lowest BCUT2D eigenvalue weighted by molar-refractivity contribution is 0.251. The van der Waals surface area contributed by atoms with Crippen molar-refractivity contribution in [1.82, 2.24) is 10.3 Å². The first-order valence-corrected chi connectivity index (χ1v) is 7.40. The molecule has 2 N–H and O–H groups in total. The highest BCUT2D eigenvalue weighted by Crippen LogP contribution is 2.19. The lowest BCUT2D eigenvalue weighted by Crippen LogP contribution is -2.28. The van der Waals surface area contributed by atoms with Gasteiger partial charge in [-0.1, -0.05) is 0 Å². The number of ether oxygens (including phenoxy) is 1. The third kappa shape index (κ3) is 3.92. The Balaban J connectivity index is 1.57. The van der Waals surface area contributed by atoms with Crippen molar-refractivity contribution in [3.05, 3.63) is 66.9 Å². The minimum Gasteiger partial charge on any atom is -0.497 e. The Bertz CT molecular complexity index is 799. The van der Waals surface area contributed by atoms with Crippen molar-refractivity contribution in [2.24, 2.45) is 0 Å². The number of methoxy groups -OCH3 is 1. The van der Waals surface area contributed by atoms with Crippen LogP contribution < -0.4 is 15.4 Å². The van der Waals surface area contributed by atoms with E-state index in [2.05, 4.69) is 15.6 Å². The molecule has 0 saturated carbocycles. The van der Waals surface area contributed by atoms with Crippen LogP contribution in [0, 0.1) is 0 Å². The second kappa shape index (κ2) is 7.32. The number of urea groups is 1. The molecular weight excluding hydrogens is 306 g/mol. The molecule has 0 aliphatic rings. The SMILES string of the molecule is COc1ccc(NC(=O)NCc2cncc(-c3ccoc3)c2)cc1. The van der Waals surface area contributed by atoms with Gasteiger partial charge in [0.1, 0.15) is 5.75 Å². The maximum absolute atomic E-state index is 12.0. The van der Waals surface area contributed by atoms with Crippen LogP contribution in [0.1, 0.15) is 5.56 Å². The standard InChI is InChI=1S/C18H17N3O3/c1-23-17-4-2-16(3-5-17)21-18(22)20-10-13-8-15(11-19-9-13)14-6-7-24-12-14/h2-9,11-12H,10H2,1H3,(H2,20,21,22). The largest absolute Gasteiger partial charge is 0.497 e. The van der Waals surface area contributed by atoms with Gasteiger partial charge in [-0.2, -0.15) is 0 Å². The van der Waals surface area contributed by atoms with E-state index in [0.717, 1.165) is 22.4 Å². The molecule has 0 radical (unpaired) electrons. The Hall–Kier alpha value is -3.28. The molecule has 0 atom stereocenters. The van der Waals surface area contributed by atoms with Gasteiger partial charge in [0.2, 0.25) is 0 Å². The molecule has 0 spiro atoms. The van der Waals surface area contributed by atoms with E-state index in [1.54, 1.807) is 56.3 Å². The molecule has 0 saturated heterocycles. The lowest BCUT2D eigenvalue weighted by Gasteiger charge is -2.09. The van der Waals surface area contributed by atoms with Gasteiger partial charge in [-0.15, -0.1) is 0 Å². The summed E-state index contributed by atoms with van der Waals surface area (Å²) in [6.45, 7) is 0.376. The summed E-state index contributed by atoms with van der Waals surface area (Å²) in [7, 11) is 1.60. The predicted molar refractivity (Wildman–Crippen MR) is 90.8 cm³/mol.